The molecule has 0 atom stereocenters. The lowest BCUT2D eigenvalue weighted by Gasteiger charge is -2.34. The van der Waals surface area contributed by atoms with Gasteiger partial charge in [-0.05, 0) is 51.2 Å². The van der Waals surface area contributed by atoms with E-state index >= 15 is 0 Å². The molecule has 4 nitrogen and oxygen atoms in total. The van der Waals surface area contributed by atoms with E-state index in [-0.39, 0.29) is 11.4 Å². The Labute approximate surface area is 133 Å². The lowest BCUT2D eigenvalue weighted by molar-refractivity contribution is -0.159. The van der Waals surface area contributed by atoms with Crippen LogP contribution in [0.1, 0.15) is 36.8 Å². The largest absolute Gasteiger partial charge is 0.469 e. The Morgan fingerprint density at radius 1 is 1.32 bits per heavy atom. The van der Waals surface area contributed by atoms with Gasteiger partial charge in [-0.25, -0.2) is 0 Å². The molecule has 1 aromatic rings. The van der Waals surface area contributed by atoms with Crippen LogP contribution in [0.3, 0.4) is 0 Å². The Balaban J connectivity index is 1.86. The second-order valence-electron chi connectivity index (χ2n) is 6.23. The third kappa shape index (κ3) is 4.01. The first kappa shape index (κ1) is 16.8. The third-order valence-electron chi connectivity index (χ3n) is 4.60. The molecule has 122 valence electrons. The molecule has 0 saturated carbocycles. The molecule has 0 aliphatic carbocycles. The van der Waals surface area contributed by atoms with E-state index in [9.17, 15) is 4.79 Å². The minimum absolute atomic E-state index is 0.0812. The van der Waals surface area contributed by atoms with Gasteiger partial charge in [-0.15, -0.1) is 0 Å². The fraction of sp³-hybridized carbons (Fsp3) is 0.611. The Morgan fingerprint density at radius 3 is 2.68 bits per heavy atom. The highest BCUT2D eigenvalue weighted by Gasteiger charge is 2.40. The first-order valence-electron chi connectivity index (χ1n) is 8.05. The highest BCUT2D eigenvalue weighted by Crippen LogP contribution is 2.36. The van der Waals surface area contributed by atoms with Gasteiger partial charge in [0.2, 0.25) is 0 Å². The number of hydrogen-bond acceptors (Lipinski definition) is 4. The van der Waals surface area contributed by atoms with Crippen molar-refractivity contribution < 1.29 is 14.3 Å². The Bertz CT molecular complexity index is 507. The minimum atomic E-state index is -0.350. The first-order chi connectivity index (χ1) is 10.6. The fourth-order valence-electron chi connectivity index (χ4n) is 3.20. The molecule has 1 heterocycles. The maximum Gasteiger partial charge on any atom is 0.311 e. The number of esters is 1. The van der Waals surface area contributed by atoms with Crippen LogP contribution < -0.4 is 5.32 Å². The number of methoxy groups -OCH3 is 1. The summed E-state index contributed by atoms with van der Waals surface area (Å²) < 4.78 is 10.4. The molecule has 0 unspecified atom stereocenters. The number of anilines is 1. The van der Waals surface area contributed by atoms with Crippen molar-refractivity contribution in [2.75, 3.05) is 32.2 Å². The normalized spacial score (nSPS) is 17.0. The summed E-state index contributed by atoms with van der Waals surface area (Å²) in [6.45, 7) is 6.38. The molecule has 0 spiro atoms. The van der Waals surface area contributed by atoms with E-state index in [0.717, 1.165) is 32.2 Å². The van der Waals surface area contributed by atoms with Crippen LogP contribution in [-0.4, -0.2) is 32.8 Å². The molecule has 1 aliphatic heterocycles. The second-order valence-corrected chi connectivity index (χ2v) is 6.23. The van der Waals surface area contributed by atoms with E-state index in [1.54, 1.807) is 0 Å². The molecule has 0 bridgehead atoms. The SMILES string of the molecule is COC(=O)C1(CCCNc2ccc(C)cc2C)CCOCC1. The second kappa shape index (κ2) is 7.63. The smallest absolute Gasteiger partial charge is 0.311 e. The van der Waals surface area contributed by atoms with Gasteiger partial charge in [0, 0.05) is 25.4 Å². The van der Waals surface area contributed by atoms with E-state index in [2.05, 4.69) is 37.4 Å². The molecule has 1 N–H and O–H groups in total. The summed E-state index contributed by atoms with van der Waals surface area (Å²) in [5.41, 5.74) is 3.35. The highest BCUT2D eigenvalue weighted by atomic mass is 16.5. The Morgan fingerprint density at radius 2 is 2.05 bits per heavy atom. The van der Waals surface area contributed by atoms with Gasteiger partial charge in [0.15, 0.2) is 0 Å². The van der Waals surface area contributed by atoms with Crippen LogP contribution in [-0.2, 0) is 14.3 Å². The summed E-state index contributed by atoms with van der Waals surface area (Å²) in [5, 5.41) is 3.47. The molecular weight excluding hydrogens is 278 g/mol. The van der Waals surface area contributed by atoms with Crippen LogP contribution >= 0.6 is 0 Å². The van der Waals surface area contributed by atoms with E-state index in [1.165, 1.54) is 23.9 Å². The van der Waals surface area contributed by atoms with Gasteiger partial charge >= 0.3 is 5.97 Å². The summed E-state index contributed by atoms with van der Waals surface area (Å²) in [6, 6.07) is 6.41. The van der Waals surface area contributed by atoms with Crippen molar-refractivity contribution in [3.8, 4) is 0 Å². The summed E-state index contributed by atoms with van der Waals surface area (Å²) >= 11 is 0. The number of nitrogens with one attached hydrogen (secondary N) is 1. The van der Waals surface area contributed by atoms with Crippen molar-refractivity contribution in [1.82, 2.24) is 0 Å². The number of hydrogen-bond donors (Lipinski definition) is 1. The molecule has 0 amide bonds. The molecule has 0 radical (unpaired) electrons. The first-order valence-corrected chi connectivity index (χ1v) is 8.05. The van der Waals surface area contributed by atoms with Crippen molar-refractivity contribution in [2.45, 2.75) is 39.5 Å². The predicted molar refractivity (Wildman–Crippen MR) is 88.1 cm³/mol. The van der Waals surface area contributed by atoms with Crippen LogP contribution in [0, 0.1) is 19.3 Å². The van der Waals surface area contributed by atoms with Gasteiger partial charge in [-0.2, -0.15) is 0 Å². The minimum Gasteiger partial charge on any atom is -0.469 e. The lowest BCUT2D eigenvalue weighted by Crippen LogP contribution is -2.38. The average molecular weight is 305 g/mol. The number of rotatable bonds is 6. The highest BCUT2D eigenvalue weighted by molar-refractivity contribution is 5.76. The topological polar surface area (TPSA) is 47.6 Å². The van der Waals surface area contributed by atoms with Gasteiger partial charge in [0.05, 0.1) is 12.5 Å². The Kier molecular flexibility index (Phi) is 5.83. The molecule has 2 rings (SSSR count). The Hall–Kier alpha value is -1.55. The molecule has 0 aromatic heterocycles. The standard InChI is InChI=1S/C18H27NO3/c1-14-5-6-16(15(2)13-14)19-10-4-7-18(17(20)21-3)8-11-22-12-9-18/h5-6,13,19H,4,7-12H2,1-3H3. The quantitative estimate of drug-likeness (QED) is 0.646. The zero-order chi connectivity index (χ0) is 16.0. The van der Waals surface area contributed by atoms with Crippen molar-refractivity contribution in [3.63, 3.8) is 0 Å². The van der Waals surface area contributed by atoms with Gasteiger partial charge < -0.3 is 14.8 Å². The summed E-state index contributed by atoms with van der Waals surface area (Å²) in [5.74, 6) is -0.0812. The molecule has 4 heteroatoms. The molecule has 1 fully saturated rings. The molecule has 1 aromatic carbocycles. The van der Waals surface area contributed by atoms with E-state index in [4.69, 9.17) is 9.47 Å². The van der Waals surface area contributed by atoms with Crippen molar-refractivity contribution in [2.24, 2.45) is 5.41 Å². The number of carbonyl (C=O) groups excluding carboxylic acids is 1. The fourth-order valence-corrected chi connectivity index (χ4v) is 3.20. The van der Waals surface area contributed by atoms with Crippen LogP contribution in [0.15, 0.2) is 18.2 Å². The zero-order valence-electron chi connectivity index (χ0n) is 13.9. The maximum absolute atomic E-state index is 12.1. The van der Waals surface area contributed by atoms with Gasteiger partial charge in [-0.3, -0.25) is 4.79 Å². The summed E-state index contributed by atoms with van der Waals surface area (Å²) in [7, 11) is 1.48. The lowest BCUT2D eigenvalue weighted by atomic mass is 9.76. The van der Waals surface area contributed by atoms with Crippen molar-refractivity contribution >= 4 is 11.7 Å². The third-order valence-corrected chi connectivity index (χ3v) is 4.60. The van der Waals surface area contributed by atoms with Crippen LogP contribution in [0.2, 0.25) is 0 Å². The zero-order valence-corrected chi connectivity index (χ0v) is 13.9. The maximum atomic E-state index is 12.1. The molecule has 1 saturated heterocycles. The van der Waals surface area contributed by atoms with E-state index < -0.39 is 0 Å². The number of aryl methyl sites for hydroxylation is 2. The summed E-state index contributed by atoms with van der Waals surface area (Å²) in [4.78, 5) is 12.1. The van der Waals surface area contributed by atoms with Crippen molar-refractivity contribution in [3.05, 3.63) is 29.3 Å². The average Bonchev–Trinajstić information content (AvgIpc) is 2.53. The monoisotopic (exact) mass is 305 g/mol. The number of carbonyl (C=O) groups is 1. The van der Waals surface area contributed by atoms with Crippen LogP contribution in [0.4, 0.5) is 5.69 Å². The predicted octanol–water partition coefficient (Wildman–Crippen LogP) is 3.47. The van der Waals surface area contributed by atoms with Gasteiger partial charge in [0.25, 0.3) is 0 Å². The van der Waals surface area contributed by atoms with Gasteiger partial charge in [0.1, 0.15) is 0 Å². The molecule has 22 heavy (non-hydrogen) atoms. The molecular formula is C18H27NO3. The summed E-state index contributed by atoms with van der Waals surface area (Å²) in [6.07, 6.45) is 3.33. The van der Waals surface area contributed by atoms with E-state index in [1.807, 2.05) is 0 Å². The van der Waals surface area contributed by atoms with E-state index in [0.29, 0.717) is 13.2 Å². The van der Waals surface area contributed by atoms with Crippen LogP contribution in [0.25, 0.3) is 0 Å². The molecule has 1 aliphatic rings. The van der Waals surface area contributed by atoms with Gasteiger partial charge in [-0.1, -0.05) is 17.7 Å². The van der Waals surface area contributed by atoms with Crippen molar-refractivity contribution in [1.29, 1.82) is 0 Å². The van der Waals surface area contributed by atoms with Crippen LogP contribution in [0.5, 0.6) is 0 Å². The number of benzene rings is 1. The number of ether oxygens (including phenoxy) is 2.